The van der Waals surface area contributed by atoms with Gasteiger partial charge in [0.25, 0.3) is 0 Å². The maximum atomic E-state index is 11.3. The molecule has 7 nitrogen and oxygen atoms in total. The van der Waals surface area contributed by atoms with Crippen LogP contribution in [0, 0.1) is 0 Å². The van der Waals surface area contributed by atoms with Crippen LogP contribution in [0.3, 0.4) is 0 Å². The van der Waals surface area contributed by atoms with Gasteiger partial charge in [0.05, 0.1) is 6.61 Å². The van der Waals surface area contributed by atoms with Crippen LogP contribution in [-0.2, 0) is 32.3 Å². The summed E-state index contributed by atoms with van der Waals surface area (Å²) in [5.41, 5.74) is 0. The molecule has 0 radical (unpaired) electrons. The molecule has 0 aromatic carbocycles. The minimum Gasteiger partial charge on any atom is -0.463 e. The van der Waals surface area contributed by atoms with Gasteiger partial charge in [-0.1, -0.05) is 12.7 Å². The zero-order valence-electron chi connectivity index (χ0n) is 12.6. The third-order valence-corrected chi connectivity index (χ3v) is 5.34. The number of rotatable bonds is 11. The Morgan fingerprint density at radius 1 is 1.00 bits per heavy atom. The second kappa shape index (κ2) is 11.2. The summed E-state index contributed by atoms with van der Waals surface area (Å²) in [6, 6.07) is 0.523. The Morgan fingerprint density at radius 3 is 2.00 bits per heavy atom. The minimum atomic E-state index is -2.63. The molecular formula is C13H22O7Si. The summed E-state index contributed by atoms with van der Waals surface area (Å²) in [5, 5.41) is 0. The lowest BCUT2D eigenvalue weighted by molar-refractivity contribution is -0.140. The lowest BCUT2D eigenvalue weighted by atomic mass is 10.5. The van der Waals surface area contributed by atoms with Crippen LogP contribution in [0.25, 0.3) is 0 Å². The van der Waals surface area contributed by atoms with Crippen molar-refractivity contribution in [1.82, 2.24) is 0 Å². The number of carbonyl (C=O) groups excluding carboxylic acids is 2. The van der Waals surface area contributed by atoms with E-state index in [0.29, 0.717) is 12.5 Å². The molecule has 0 aliphatic rings. The van der Waals surface area contributed by atoms with Crippen LogP contribution < -0.4 is 0 Å². The summed E-state index contributed by atoms with van der Waals surface area (Å²) in [6.45, 7) is 3.67. The van der Waals surface area contributed by atoms with E-state index < -0.39 is 20.7 Å². The van der Waals surface area contributed by atoms with E-state index in [1.807, 2.05) is 0 Å². The molecule has 0 aliphatic carbocycles. The van der Waals surface area contributed by atoms with Gasteiger partial charge >= 0.3 is 20.7 Å². The van der Waals surface area contributed by atoms with Crippen LogP contribution in [-0.4, -0.2) is 55.3 Å². The normalized spacial score (nSPS) is 11.4. The van der Waals surface area contributed by atoms with Crippen LogP contribution in [0.5, 0.6) is 0 Å². The zero-order valence-corrected chi connectivity index (χ0v) is 13.6. The fourth-order valence-corrected chi connectivity index (χ4v) is 3.08. The Balaban J connectivity index is 3.96. The van der Waals surface area contributed by atoms with Crippen LogP contribution in [0.4, 0.5) is 0 Å². The summed E-state index contributed by atoms with van der Waals surface area (Å²) in [4.78, 5) is 22.4. The first-order valence-corrected chi connectivity index (χ1v) is 8.24. The first kappa shape index (κ1) is 19.5. The van der Waals surface area contributed by atoms with Gasteiger partial charge in [0, 0.05) is 39.5 Å². The molecule has 0 unspecified atom stereocenters. The SMILES string of the molecule is C=CCOC(=O)/C=C/C(=O)OCCC[Si](OC)(OC)OC. The maximum absolute atomic E-state index is 11.3. The van der Waals surface area contributed by atoms with Crippen molar-refractivity contribution in [2.45, 2.75) is 12.5 Å². The van der Waals surface area contributed by atoms with Gasteiger partial charge < -0.3 is 22.8 Å². The largest absolute Gasteiger partial charge is 0.500 e. The molecule has 0 amide bonds. The molecule has 21 heavy (non-hydrogen) atoms. The van der Waals surface area contributed by atoms with Crippen molar-refractivity contribution in [2.24, 2.45) is 0 Å². The number of ether oxygens (including phenoxy) is 2. The molecular weight excluding hydrogens is 296 g/mol. The van der Waals surface area contributed by atoms with Crippen molar-refractivity contribution >= 4 is 20.7 Å². The predicted molar refractivity (Wildman–Crippen MR) is 77.5 cm³/mol. The predicted octanol–water partition coefficient (Wildman–Crippen LogP) is 1.08. The van der Waals surface area contributed by atoms with Gasteiger partial charge in [0.2, 0.25) is 0 Å². The Hall–Kier alpha value is -1.48. The summed E-state index contributed by atoms with van der Waals surface area (Å²) in [7, 11) is 1.92. The average molecular weight is 318 g/mol. The minimum absolute atomic E-state index is 0.0932. The van der Waals surface area contributed by atoms with E-state index in [1.54, 1.807) is 0 Å². The van der Waals surface area contributed by atoms with Gasteiger partial charge in [-0.3, -0.25) is 0 Å². The molecule has 0 aromatic heterocycles. The summed E-state index contributed by atoms with van der Waals surface area (Å²) in [5.74, 6) is -1.25. The number of hydrogen-bond acceptors (Lipinski definition) is 7. The summed E-state index contributed by atoms with van der Waals surface area (Å²) in [6.07, 6.45) is 3.98. The monoisotopic (exact) mass is 318 g/mol. The van der Waals surface area contributed by atoms with Gasteiger partial charge in [-0.25, -0.2) is 9.59 Å². The van der Waals surface area contributed by atoms with E-state index in [1.165, 1.54) is 27.4 Å². The second-order valence-electron chi connectivity index (χ2n) is 3.82. The lowest BCUT2D eigenvalue weighted by Gasteiger charge is -2.23. The van der Waals surface area contributed by atoms with Crippen molar-refractivity contribution in [3.05, 3.63) is 24.8 Å². The van der Waals surface area contributed by atoms with Gasteiger partial charge in [-0.2, -0.15) is 0 Å². The summed E-state index contributed by atoms with van der Waals surface area (Å²) >= 11 is 0. The molecule has 0 aliphatic heterocycles. The first-order chi connectivity index (χ1) is 10.0. The Morgan fingerprint density at radius 2 is 1.52 bits per heavy atom. The zero-order chi connectivity index (χ0) is 16.1. The van der Waals surface area contributed by atoms with Crippen molar-refractivity contribution in [3.8, 4) is 0 Å². The van der Waals surface area contributed by atoms with Crippen LogP contribution >= 0.6 is 0 Å². The molecule has 0 saturated heterocycles. The van der Waals surface area contributed by atoms with E-state index in [2.05, 4.69) is 11.3 Å². The van der Waals surface area contributed by atoms with Gasteiger partial charge in [-0.15, -0.1) is 0 Å². The Bertz CT molecular complexity index is 355. The molecule has 0 heterocycles. The van der Waals surface area contributed by atoms with E-state index in [0.717, 1.165) is 12.2 Å². The molecule has 0 fully saturated rings. The van der Waals surface area contributed by atoms with Crippen LogP contribution in [0.15, 0.2) is 24.8 Å². The quantitative estimate of drug-likeness (QED) is 0.185. The molecule has 120 valence electrons. The van der Waals surface area contributed by atoms with E-state index in [-0.39, 0.29) is 13.2 Å². The van der Waals surface area contributed by atoms with Crippen molar-refractivity contribution in [1.29, 1.82) is 0 Å². The maximum Gasteiger partial charge on any atom is 0.500 e. The number of esters is 2. The third-order valence-electron chi connectivity index (χ3n) is 2.50. The molecule has 0 N–H and O–H groups in total. The Labute approximate surface area is 125 Å². The van der Waals surface area contributed by atoms with Crippen molar-refractivity contribution in [3.63, 3.8) is 0 Å². The topological polar surface area (TPSA) is 80.3 Å². The third kappa shape index (κ3) is 8.40. The molecule has 0 atom stereocenters. The highest BCUT2D eigenvalue weighted by Crippen LogP contribution is 2.14. The first-order valence-electron chi connectivity index (χ1n) is 6.31. The number of hydrogen-bond donors (Lipinski definition) is 0. The van der Waals surface area contributed by atoms with E-state index in [9.17, 15) is 9.59 Å². The molecule has 0 spiro atoms. The average Bonchev–Trinajstić information content (AvgIpc) is 2.51. The molecule has 0 saturated carbocycles. The lowest BCUT2D eigenvalue weighted by Crippen LogP contribution is -2.42. The standard InChI is InChI=1S/C13H22O7Si/c1-5-9-19-12(14)7-8-13(15)20-10-6-11-21(16-2,17-3)18-4/h5,7-8H,1,6,9-11H2,2-4H3/b8-7+. The van der Waals surface area contributed by atoms with Crippen molar-refractivity contribution in [2.75, 3.05) is 34.5 Å². The highest BCUT2D eigenvalue weighted by atomic mass is 28.4. The van der Waals surface area contributed by atoms with Gasteiger partial charge in [-0.05, 0) is 6.42 Å². The smallest absolute Gasteiger partial charge is 0.463 e. The molecule has 0 aromatic rings. The van der Waals surface area contributed by atoms with Gasteiger partial charge in [0.1, 0.15) is 6.61 Å². The fourth-order valence-electron chi connectivity index (χ4n) is 1.39. The van der Waals surface area contributed by atoms with Gasteiger partial charge in [0.15, 0.2) is 0 Å². The second-order valence-corrected chi connectivity index (χ2v) is 6.91. The van der Waals surface area contributed by atoms with Crippen molar-refractivity contribution < 1.29 is 32.3 Å². The molecule has 0 rings (SSSR count). The van der Waals surface area contributed by atoms with Crippen LogP contribution in [0.1, 0.15) is 6.42 Å². The number of carbonyl (C=O) groups is 2. The van der Waals surface area contributed by atoms with Crippen LogP contribution in [0.2, 0.25) is 6.04 Å². The highest BCUT2D eigenvalue weighted by Gasteiger charge is 2.36. The van der Waals surface area contributed by atoms with E-state index >= 15 is 0 Å². The highest BCUT2D eigenvalue weighted by molar-refractivity contribution is 6.60. The molecule has 0 bridgehead atoms. The molecule has 8 heteroatoms. The van der Waals surface area contributed by atoms with E-state index in [4.69, 9.17) is 18.0 Å². The summed E-state index contributed by atoms with van der Waals surface area (Å²) < 4.78 is 25.3. The Kier molecular flexibility index (Phi) is 10.4. The fraction of sp³-hybridized carbons (Fsp3) is 0.538.